The Labute approximate surface area is 223 Å². The highest BCUT2D eigenvalue weighted by Gasteiger charge is 2.48. The number of likely N-dealkylation sites (tertiary alicyclic amines) is 1. The molecule has 3 aliphatic heterocycles. The quantitative estimate of drug-likeness (QED) is 0.532. The number of likely N-dealkylation sites (N-methyl/N-ethyl adjacent to an activating group) is 1. The Hall–Kier alpha value is -3.22. The van der Waals surface area contributed by atoms with Crippen molar-refractivity contribution in [1.82, 2.24) is 30.3 Å². The first-order valence-electron chi connectivity index (χ1n) is 13.3. The van der Waals surface area contributed by atoms with Crippen LogP contribution in [0.4, 0.5) is 17.6 Å². The molecule has 39 heavy (non-hydrogen) atoms. The predicted molar refractivity (Wildman–Crippen MR) is 132 cm³/mol. The Morgan fingerprint density at radius 3 is 2.51 bits per heavy atom. The maximum atomic E-state index is 14.3. The molecular formula is C26H32F4N6O3. The van der Waals surface area contributed by atoms with Gasteiger partial charge in [-0.3, -0.25) is 19.6 Å². The first kappa shape index (κ1) is 27.4. The second-order valence-electron chi connectivity index (χ2n) is 10.6. The lowest BCUT2D eigenvalue weighted by Crippen LogP contribution is -2.57. The lowest BCUT2D eigenvalue weighted by Gasteiger charge is -2.41. The van der Waals surface area contributed by atoms with Crippen molar-refractivity contribution in [3.63, 3.8) is 0 Å². The van der Waals surface area contributed by atoms with Crippen LogP contribution in [0.5, 0.6) is 5.88 Å². The summed E-state index contributed by atoms with van der Waals surface area (Å²) in [6.45, 7) is 2.12. The first-order chi connectivity index (χ1) is 18.6. The maximum Gasteiger partial charge on any atom is 0.404 e. The number of hydrogen-bond donors (Lipinski definition) is 2. The fourth-order valence-electron chi connectivity index (χ4n) is 6.36. The number of carbonyl (C=O) groups is 2. The van der Waals surface area contributed by atoms with E-state index >= 15 is 0 Å². The van der Waals surface area contributed by atoms with E-state index in [9.17, 15) is 27.2 Å². The van der Waals surface area contributed by atoms with Crippen LogP contribution in [0.1, 0.15) is 55.9 Å². The minimum absolute atomic E-state index is 0.0394. The molecule has 5 atom stereocenters. The number of hydrogen-bond acceptors (Lipinski definition) is 6. The molecule has 2 N–H and O–H groups in total. The number of aromatic amines is 1. The van der Waals surface area contributed by atoms with Crippen molar-refractivity contribution in [1.29, 1.82) is 0 Å². The molecule has 3 saturated heterocycles. The molecule has 5 heterocycles. The van der Waals surface area contributed by atoms with E-state index in [1.54, 1.807) is 11.8 Å². The van der Waals surface area contributed by atoms with E-state index in [0.717, 1.165) is 19.0 Å². The van der Waals surface area contributed by atoms with Crippen LogP contribution in [0, 0.1) is 11.7 Å². The summed E-state index contributed by atoms with van der Waals surface area (Å²) in [5.74, 6) is -1.11. The number of carbonyl (C=O) groups excluding carboxylic acids is 2. The summed E-state index contributed by atoms with van der Waals surface area (Å²) < 4.78 is 59.4. The van der Waals surface area contributed by atoms with Gasteiger partial charge in [-0.25, -0.2) is 9.37 Å². The molecule has 2 amide bonds. The van der Waals surface area contributed by atoms with Crippen LogP contribution in [0.2, 0.25) is 0 Å². The summed E-state index contributed by atoms with van der Waals surface area (Å²) in [7, 11) is 1.42. The van der Waals surface area contributed by atoms with Crippen LogP contribution in [0.25, 0.3) is 11.3 Å². The molecule has 212 valence electrons. The van der Waals surface area contributed by atoms with Crippen molar-refractivity contribution in [3.8, 4) is 17.1 Å². The molecule has 3 aliphatic rings. The molecule has 2 bridgehead atoms. The molecule has 0 radical (unpaired) electrons. The summed E-state index contributed by atoms with van der Waals surface area (Å²) >= 11 is 0. The van der Waals surface area contributed by atoms with Crippen molar-refractivity contribution in [2.45, 2.75) is 75.8 Å². The molecule has 0 aromatic carbocycles. The number of aromatic nitrogens is 3. The van der Waals surface area contributed by atoms with Crippen LogP contribution in [-0.2, 0) is 4.79 Å². The van der Waals surface area contributed by atoms with E-state index in [-0.39, 0.29) is 78.9 Å². The van der Waals surface area contributed by atoms with Gasteiger partial charge in [0.1, 0.15) is 6.04 Å². The number of amides is 2. The highest BCUT2D eigenvalue weighted by molar-refractivity contribution is 5.94. The van der Waals surface area contributed by atoms with Crippen LogP contribution >= 0.6 is 0 Å². The number of H-pyrrole nitrogens is 1. The van der Waals surface area contributed by atoms with Gasteiger partial charge in [0.25, 0.3) is 5.91 Å². The maximum absolute atomic E-state index is 14.3. The zero-order valence-electron chi connectivity index (χ0n) is 21.8. The Morgan fingerprint density at radius 2 is 1.87 bits per heavy atom. The van der Waals surface area contributed by atoms with Gasteiger partial charge >= 0.3 is 6.18 Å². The molecule has 9 nitrogen and oxygen atoms in total. The molecule has 0 aliphatic carbocycles. The minimum Gasteiger partial charge on any atom is -0.481 e. The van der Waals surface area contributed by atoms with Gasteiger partial charge in [-0.1, -0.05) is 6.92 Å². The molecule has 2 aromatic heterocycles. The number of methoxy groups -OCH3 is 1. The number of rotatable bonds is 6. The van der Waals surface area contributed by atoms with E-state index < -0.39 is 18.0 Å². The summed E-state index contributed by atoms with van der Waals surface area (Å²) in [6, 6.07) is 0.828. The fraction of sp³-hybridized carbons (Fsp3) is 0.615. The number of pyridine rings is 1. The van der Waals surface area contributed by atoms with Gasteiger partial charge in [0.15, 0.2) is 11.5 Å². The molecule has 0 saturated carbocycles. The van der Waals surface area contributed by atoms with Crippen LogP contribution in [0.15, 0.2) is 18.3 Å². The third-order valence-corrected chi connectivity index (χ3v) is 8.28. The molecular weight excluding hydrogens is 520 g/mol. The Bertz CT molecular complexity index is 1210. The minimum atomic E-state index is -4.28. The number of nitrogens with zero attached hydrogens (tertiary/aromatic N) is 4. The van der Waals surface area contributed by atoms with Gasteiger partial charge in [-0.15, -0.1) is 0 Å². The number of alkyl halides is 3. The Kier molecular flexibility index (Phi) is 7.53. The summed E-state index contributed by atoms with van der Waals surface area (Å²) in [5, 5.41) is 9.83. The van der Waals surface area contributed by atoms with Gasteiger partial charge in [0.05, 0.1) is 19.0 Å². The topological polar surface area (TPSA) is 103 Å². The number of halogens is 4. The summed E-state index contributed by atoms with van der Waals surface area (Å²) in [6.07, 6.45) is -0.521. The lowest BCUT2D eigenvalue weighted by atomic mass is 9.88. The van der Waals surface area contributed by atoms with Crippen LogP contribution < -0.4 is 10.1 Å². The smallest absolute Gasteiger partial charge is 0.404 e. The fourth-order valence-corrected chi connectivity index (χ4v) is 6.36. The SMILES string of the molecule is CCN1C[C@@H](NC(=O)[C@@H]2C[C@H]3CC[C@@H](C2)N3C(=O)c2cc(-c3cc(OC)ncc3F)[nH]n2)CC[C@@H]1C(F)(F)F. The van der Waals surface area contributed by atoms with Crippen molar-refractivity contribution in [2.24, 2.45) is 5.92 Å². The third-order valence-electron chi connectivity index (χ3n) is 8.28. The van der Waals surface area contributed by atoms with E-state index in [0.29, 0.717) is 18.5 Å². The number of piperidine rings is 2. The second-order valence-corrected chi connectivity index (χ2v) is 10.6. The molecule has 0 spiro atoms. The monoisotopic (exact) mass is 552 g/mol. The van der Waals surface area contributed by atoms with Gasteiger partial charge in [0.2, 0.25) is 11.8 Å². The average molecular weight is 553 g/mol. The van der Waals surface area contributed by atoms with Gasteiger partial charge in [-0.05, 0) is 51.1 Å². The molecule has 13 heteroatoms. The Morgan fingerprint density at radius 1 is 1.15 bits per heavy atom. The van der Waals surface area contributed by atoms with Crippen LogP contribution in [0.3, 0.4) is 0 Å². The lowest BCUT2D eigenvalue weighted by molar-refractivity contribution is -0.192. The van der Waals surface area contributed by atoms with Gasteiger partial charge in [-0.2, -0.15) is 18.3 Å². The van der Waals surface area contributed by atoms with Gasteiger partial charge < -0.3 is 15.0 Å². The van der Waals surface area contributed by atoms with Crippen molar-refractivity contribution in [2.75, 3.05) is 20.2 Å². The normalized spacial score (nSPS) is 27.4. The van der Waals surface area contributed by atoms with E-state index in [1.165, 1.54) is 24.1 Å². The summed E-state index contributed by atoms with van der Waals surface area (Å²) in [5.41, 5.74) is 0.651. The zero-order chi connectivity index (χ0) is 27.9. The summed E-state index contributed by atoms with van der Waals surface area (Å²) in [4.78, 5) is 33.5. The van der Waals surface area contributed by atoms with Gasteiger partial charge in [0, 0.05) is 42.2 Å². The molecule has 2 aromatic rings. The van der Waals surface area contributed by atoms with E-state index in [1.807, 2.05) is 0 Å². The zero-order valence-corrected chi connectivity index (χ0v) is 21.8. The van der Waals surface area contributed by atoms with E-state index in [2.05, 4.69) is 20.5 Å². The van der Waals surface area contributed by atoms with Crippen LogP contribution in [-0.4, -0.2) is 87.3 Å². The average Bonchev–Trinajstić information content (AvgIpc) is 3.50. The van der Waals surface area contributed by atoms with E-state index in [4.69, 9.17) is 4.74 Å². The van der Waals surface area contributed by atoms with Crippen molar-refractivity contribution in [3.05, 3.63) is 29.8 Å². The molecule has 3 fully saturated rings. The molecule has 0 unspecified atom stereocenters. The van der Waals surface area contributed by atoms with Crippen molar-refractivity contribution >= 4 is 11.8 Å². The first-order valence-corrected chi connectivity index (χ1v) is 13.3. The standard InChI is InChI=1S/C26H32F4N6O3/c1-3-35-13-15(4-7-22(35)26(28,29)30)32-24(37)14-8-16-5-6-17(9-14)36(16)25(38)21-11-20(33-34-21)18-10-23(39-2)31-12-19(18)27/h10-12,14-17,22H,3-9,13H2,1-2H3,(H,32,37)(H,33,34)/t14-,15-,16-,17+,22+/m0/s1. The highest BCUT2D eigenvalue weighted by Crippen LogP contribution is 2.40. The predicted octanol–water partition coefficient (Wildman–Crippen LogP) is 3.53. The number of ether oxygens (including phenoxy) is 1. The highest BCUT2D eigenvalue weighted by atomic mass is 19.4. The molecule has 5 rings (SSSR count). The number of fused-ring (bicyclic) bond motifs is 2. The third kappa shape index (κ3) is 5.45. The van der Waals surface area contributed by atoms with Crippen molar-refractivity contribution < 1.29 is 31.9 Å². The Balaban J connectivity index is 1.21. The number of nitrogens with one attached hydrogen (secondary N) is 2. The second kappa shape index (κ2) is 10.7. The largest absolute Gasteiger partial charge is 0.481 e.